The number of cyclic esters (lactones) is 1. The first-order valence-electron chi connectivity index (χ1n) is 4.52. The molecule has 0 spiro atoms. The Labute approximate surface area is 77.5 Å². The molecule has 0 saturated carbocycles. The van der Waals surface area contributed by atoms with Crippen molar-refractivity contribution in [2.24, 2.45) is 0 Å². The van der Waals surface area contributed by atoms with Crippen molar-refractivity contribution in [3.05, 3.63) is 35.4 Å². The molecule has 2 heteroatoms. The van der Waals surface area contributed by atoms with E-state index in [1.165, 1.54) is 5.56 Å². The van der Waals surface area contributed by atoms with Gasteiger partial charge in [-0.2, -0.15) is 0 Å². The van der Waals surface area contributed by atoms with Gasteiger partial charge in [0, 0.05) is 6.42 Å². The summed E-state index contributed by atoms with van der Waals surface area (Å²) in [5.41, 5.74) is 2.34. The lowest BCUT2D eigenvalue weighted by molar-refractivity contribution is -0.141. The summed E-state index contributed by atoms with van der Waals surface area (Å²) in [7, 11) is 0. The molecule has 1 aliphatic rings. The molecule has 1 heterocycles. The van der Waals surface area contributed by atoms with Gasteiger partial charge in [0.15, 0.2) is 0 Å². The Morgan fingerprint density at radius 1 is 1.31 bits per heavy atom. The Morgan fingerprint density at radius 3 is 2.54 bits per heavy atom. The molecule has 0 amide bonds. The third-order valence-corrected chi connectivity index (χ3v) is 2.33. The molecule has 1 atom stereocenters. The molecule has 0 bridgehead atoms. The van der Waals surface area contributed by atoms with Crippen LogP contribution in [0.25, 0.3) is 0 Å². The molecule has 1 saturated heterocycles. The highest BCUT2D eigenvalue weighted by Gasteiger charge is 2.24. The normalized spacial score (nSPS) is 21.6. The minimum atomic E-state index is -0.0782. The van der Waals surface area contributed by atoms with Crippen LogP contribution in [0.15, 0.2) is 24.3 Å². The maximum Gasteiger partial charge on any atom is 0.306 e. The van der Waals surface area contributed by atoms with E-state index in [4.69, 9.17) is 4.74 Å². The molecular formula is C11H12O2. The molecule has 0 aromatic heterocycles. The predicted octanol–water partition coefficient (Wildman–Crippen LogP) is 2.37. The number of esters is 1. The maximum absolute atomic E-state index is 10.9. The molecule has 2 rings (SSSR count). The second-order valence-corrected chi connectivity index (χ2v) is 3.43. The van der Waals surface area contributed by atoms with Crippen molar-refractivity contribution in [3.63, 3.8) is 0 Å². The highest BCUT2D eigenvalue weighted by Crippen LogP contribution is 2.29. The Balaban J connectivity index is 2.17. The van der Waals surface area contributed by atoms with E-state index >= 15 is 0 Å². The topological polar surface area (TPSA) is 26.3 Å². The third-order valence-electron chi connectivity index (χ3n) is 2.33. The summed E-state index contributed by atoms with van der Waals surface area (Å²) in [5, 5.41) is 0. The monoisotopic (exact) mass is 176 g/mol. The van der Waals surface area contributed by atoms with Gasteiger partial charge in [-0.15, -0.1) is 0 Å². The van der Waals surface area contributed by atoms with Crippen LogP contribution in [0.2, 0.25) is 0 Å². The molecule has 0 aliphatic carbocycles. The fourth-order valence-electron chi connectivity index (χ4n) is 1.54. The summed E-state index contributed by atoms with van der Waals surface area (Å²) >= 11 is 0. The van der Waals surface area contributed by atoms with Crippen LogP contribution in [0.1, 0.15) is 30.1 Å². The minimum Gasteiger partial charge on any atom is -0.457 e. The zero-order valence-electron chi connectivity index (χ0n) is 7.62. The van der Waals surface area contributed by atoms with Crippen LogP contribution in [-0.4, -0.2) is 5.97 Å². The summed E-state index contributed by atoms with van der Waals surface area (Å²) in [6.45, 7) is 2.05. The quantitative estimate of drug-likeness (QED) is 0.614. The Hall–Kier alpha value is -1.31. The van der Waals surface area contributed by atoms with Gasteiger partial charge in [0.2, 0.25) is 0 Å². The fraction of sp³-hybridized carbons (Fsp3) is 0.364. The van der Waals surface area contributed by atoms with Crippen LogP contribution in [0.3, 0.4) is 0 Å². The first-order valence-corrected chi connectivity index (χ1v) is 4.52. The number of carbonyl (C=O) groups is 1. The molecule has 68 valence electrons. The van der Waals surface area contributed by atoms with Gasteiger partial charge in [0.05, 0.1) is 0 Å². The van der Waals surface area contributed by atoms with E-state index in [0.717, 1.165) is 12.0 Å². The van der Waals surface area contributed by atoms with Crippen molar-refractivity contribution < 1.29 is 9.53 Å². The van der Waals surface area contributed by atoms with E-state index in [-0.39, 0.29) is 12.1 Å². The number of hydrogen-bond donors (Lipinski definition) is 0. The van der Waals surface area contributed by atoms with Gasteiger partial charge in [-0.25, -0.2) is 0 Å². The smallest absolute Gasteiger partial charge is 0.306 e. The lowest BCUT2D eigenvalue weighted by atomic mass is 10.1. The number of rotatable bonds is 1. The van der Waals surface area contributed by atoms with E-state index in [1.807, 2.05) is 31.2 Å². The number of aryl methyl sites for hydroxylation is 1. The molecule has 13 heavy (non-hydrogen) atoms. The van der Waals surface area contributed by atoms with Crippen LogP contribution < -0.4 is 0 Å². The molecule has 0 radical (unpaired) electrons. The summed E-state index contributed by atoms with van der Waals surface area (Å²) in [6, 6.07) is 8.14. The third kappa shape index (κ3) is 1.72. The Morgan fingerprint density at radius 2 is 2.00 bits per heavy atom. The highest BCUT2D eigenvalue weighted by atomic mass is 16.5. The minimum absolute atomic E-state index is 0.00639. The number of ether oxygens (including phenoxy) is 1. The van der Waals surface area contributed by atoms with E-state index in [1.54, 1.807) is 0 Å². The number of benzene rings is 1. The number of hydrogen-bond acceptors (Lipinski definition) is 2. The second kappa shape index (κ2) is 3.21. The van der Waals surface area contributed by atoms with E-state index in [2.05, 4.69) is 0 Å². The van der Waals surface area contributed by atoms with Crippen molar-refractivity contribution in [2.75, 3.05) is 0 Å². The van der Waals surface area contributed by atoms with Gasteiger partial charge in [-0.3, -0.25) is 4.79 Å². The summed E-state index contributed by atoms with van der Waals surface area (Å²) in [6.07, 6.45) is 1.37. The van der Waals surface area contributed by atoms with E-state index in [9.17, 15) is 4.79 Å². The zero-order valence-corrected chi connectivity index (χ0v) is 7.62. The van der Waals surface area contributed by atoms with Crippen LogP contribution in [0, 0.1) is 6.92 Å². The van der Waals surface area contributed by atoms with Crippen LogP contribution in [0.4, 0.5) is 0 Å². The van der Waals surface area contributed by atoms with Gasteiger partial charge in [-0.1, -0.05) is 29.8 Å². The number of carbonyl (C=O) groups excluding carboxylic acids is 1. The van der Waals surface area contributed by atoms with Crippen molar-refractivity contribution in [2.45, 2.75) is 25.9 Å². The van der Waals surface area contributed by atoms with Gasteiger partial charge in [0.25, 0.3) is 0 Å². The molecule has 1 aromatic rings. The van der Waals surface area contributed by atoms with Crippen molar-refractivity contribution >= 4 is 5.97 Å². The van der Waals surface area contributed by atoms with Gasteiger partial charge >= 0.3 is 5.97 Å². The molecule has 2 nitrogen and oxygen atoms in total. The van der Waals surface area contributed by atoms with Gasteiger partial charge in [0.1, 0.15) is 6.10 Å². The van der Waals surface area contributed by atoms with Crippen molar-refractivity contribution in [1.82, 2.24) is 0 Å². The average molecular weight is 176 g/mol. The second-order valence-electron chi connectivity index (χ2n) is 3.43. The van der Waals surface area contributed by atoms with Gasteiger partial charge in [-0.05, 0) is 18.9 Å². The Kier molecular flexibility index (Phi) is 2.05. The first-order chi connectivity index (χ1) is 6.25. The standard InChI is InChI=1S/C11H12O2/c1-8-2-4-9(5-3-8)10-6-7-11(12)13-10/h2-5,10H,6-7H2,1H3. The molecular weight excluding hydrogens is 164 g/mol. The van der Waals surface area contributed by atoms with Crippen LogP contribution in [-0.2, 0) is 9.53 Å². The molecule has 1 unspecified atom stereocenters. The fourth-order valence-corrected chi connectivity index (χ4v) is 1.54. The van der Waals surface area contributed by atoms with Crippen molar-refractivity contribution in [3.8, 4) is 0 Å². The average Bonchev–Trinajstić information content (AvgIpc) is 2.53. The molecule has 1 fully saturated rings. The van der Waals surface area contributed by atoms with E-state index in [0.29, 0.717) is 6.42 Å². The lowest BCUT2D eigenvalue weighted by Gasteiger charge is -2.08. The predicted molar refractivity (Wildman–Crippen MR) is 49.2 cm³/mol. The summed E-state index contributed by atoms with van der Waals surface area (Å²) in [5.74, 6) is -0.0782. The van der Waals surface area contributed by atoms with Crippen molar-refractivity contribution in [1.29, 1.82) is 0 Å². The van der Waals surface area contributed by atoms with E-state index < -0.39 is 0 Å². The molecule has 1 aliphatic heterocycles. The summed E-state index contributed by atoms with van der Waals surface area (Å²) < 4.78 is 5.15. The largest absolute Gasteiger partial charge is 0.457 e. The van der Waals surface area contributed by atoms with Crippen LogP contribution >= 0.6 is 0 Å². The van der Waals surface area contributed by atoms with Crippen LogP contribution in [0.5, 0.6) is 0 Å². The summed E-state index contributed by atoms with van der Waals surface area (Å²) in [4.78, 5) is 10.9. The Bertz CT molecular complexity index is 313. The highest BCUT2D eigenvalue weighted by molar-refractivity contribution is 5.71. The first kappa shape index (κ1) is 8.30. The zero-order chi connectivity index (χ0) is 9.26. The maximum atomic E-state index is 10.9. The SMILES string of the molecule is Cc1ccc(C2CCC(=O)O2)cc1. The molecule has 1 aromatic carbocycles. The molecule has 0 N–H and O–H groups in total. The lowest BCUT2D eigenvalue weighted by Crippen LogP contribution is -1.98. The van der Waals surface area contributed by atoms with Gasteiger partial charge < -0.3 is 4.74 Å².